The Morgan fingerprint density at radius 1 is 0.660 bits per heavy atom. The van der Waals surface area contributed by atoms with Gasteiger partial charge in [0.05, 0.1) is 16.7 Å². The number of nitrogens with zero attached hydrogens (tertiary/aromatic N) is 3. The van der Waals surface area contributed by atoms with Crippen LogP contribution in [0, 0.1) is 0 Å². The number of para-hydroxylation sites is 1. The molecule has 4 nitrogen and oxygen atoms in total. The lowest BCUT2D eigenvalue weighted by Gasteiger charge is -2.27. The molecule has 4 heteroatoms. The van der Waals surface area contributed by atoms with E-state index in [1.165, 1.54) is 60.4 Å². The van der Waals surface area contributed by atoms with Crippen molar-refractivity contribution in [2.24, 2.45) is 0 Å². The zero-order chi connectivity index (χ0) is 31.2. The van der Waals surface area contributed by atoms with E-state index < -0.39 is 0 Å². The topological polar surface area (TPSA) is 44.0 Å². The van der Waals surface area contributed by atoms with E-state index in [2.05, 4.69) is 142 Å². The molecule has 47 heavy (non-hydrogen) atoms. The van der Waals surface area contributed by atoms with Gasteiger partial charge in [0.1, 0.15) is 0 Å². The van der Waals surface area contributed by atoms with Gasteiger partial charge < -0.3 is 15.2 Å². The van der Waals surface area contributed by atoms with Crippen molar-refractivity contribution in [3.63, 3.8) is 0 Å². The third kappa shape index (κ3) is 4.82. The highest BCUT2D eigenvalue weighted by Gasteiger charge is 2.17. The molecule has 0 unspecified atom stereocenters. The van der Waals surface area contributed by atoms with Crippen molar-refractivity contribution in [1.82, 2.24) is 14.9 Å². The van der Waals surface area contributed by atoms with Crippen LogP contribution in [0.4, 0.5) is 0 Å². The summed E-state index contributed by atoms with van der Waals surface area (Å²) in [5.41, 5.74) is 12.8. The van der Waals surface area contributed by atoms with Crippen LogP contribution in [0.5, 0.6) is 0 Å². The summed E-state index contributed by atoms with van der Waals surface area (Å²) in [6.07, 6.45) is 12.5. The lowest BCUT2D eigenvalue weighted by molar-refractivity contribution is 0.961. The van der Waals surface area contributed by atoms with E-state index in [9.17, 15) is 0 Å². The molecule has 0 atom stereocenters. The van der Waals surface area contributed by atoms with Gasteiger partial charge in [0.15, 0.2) is 0 Å². The fourth-order valence-electron chi connectivity index (χ4n) is 6.97. The summed E-state index contributed by atoms with van der Waals surface area (Å²) < 4.78 is 2.44. The normalized spacial score (nSPS) is 14.4. The van der Waals surface area contributed by atoms with Crippen LogP contribution in [-0.2, 0) is 0 Å². The van der Waals surface area contributed by atoms with Crippen LogP contribution in [0.3, 0.4) is 0 Å². The molecule has 2 aliphatic heterocycles. The van der Waals surface area contributed by atoms with E-state index in [1.54, 1.807) is 0 Å². The van der Waals surface area contributed by atoms with Gasteiger partial charge in [-0.15, -0.1) is 6.54 Å². The van der Waals surface area contributed by atoms with E-state index >= 15 is 0 Å². The molecule has 1 N–H and O–H groups in total. The van der Waals surface area contributed by atoms with Gasteiger partial charge in [-0.05, 0) is 88.0 Å². The third-order valence-electron chi connectivity index (χ3n) is 9.26. The number of nitrogens with one attached hydrogen (secondary N) is 1. The van der Waals surface area contributed by atoms with Gasteiger partial charge in [0.2, 0.25) is 0 Å². The summed E-state index contributed by atoms with van der Waals surface area (Å²) in [6, 6.07) is 43.7. The fourth-order valence-corrected chi connectivity index (χ4v) is 6.97. The van der Waals surface area contributed by atoms with Crippen molar-refractivity contribution in [3.05, 3.63) is 180 Å². The van der Waals surface area contributed by atoms with Crippen molar-refractivity contribution in [2.75, 3.05) is 13.1 Å². The molecule has 0 saturated carbocycles. The van der Waals surface area contributed by atoms with Gasteiger partial charge in [0.25, 0.3) is 0 Å². The second-order valence-corrected chi connectivity index (χ2v) is 12.1. The number of aromatic nitrogens is 2. The first-order valence-electron chi connectivity index (χ1n) is 16.1. The largest absolute Gasteiger partial charge is 0.686 e. The van der Waals surface area contributed by atoms with E-state index in [0.717, 1.165) is 29.1 Å². The minimum absolute atomic E-state index is 0.670. The maximum absolute atomic E-state index is 4.76. The van der Waals surface area contributed by atoms with Gasteiger partial charge in [-0.2, -0.15) is 6.20 Å². The Balaban J connectivity index is 1.20. The monoisotopic (exact) mass is 603 g/mol. The number of hydrogen-bond acceptors (Lipinski definition) is 2. The summed E-state index contributed by atoms with van der Waals surface area (Å²) in [5.74, 6) is 0. The second-order valence-electron chi connectivity index (χ2n) is 12.1. The Labute approximate surface area is 273 Å². The summed E-state index contributed by atoms with van der Waals surface area (Å²) >= 11 is 0. The molecule has 5 aromatic carbocycles. The smallest absolute Gasteiger partial charge is 0.0702 e. The van der Waals surface area contributed by atoms with Crippen LogP contribution in [-0.4, -0.2) is 22.6 Å². The number of pyridine rings is 1. The molecule has 2 aliphatic rings. The minimum Gasteiger partial charge on any atom is -0.686 e. The highest BCUT2D eigenvalue weighted by atomic mass is 15.0. The summed E-state index contributed by atoms with van der Waals surface area (Å²) in [5, 5.41) is 12.9. The maximum Gasteiger partial charge on any atom is 0.0702 e. The van der Waals surface area contributed by atoms with Gasteiger partial charge in [-0.1, -0.05) is 96.6 Å². The molecule has 2 aromatic heterocycles. The molecule has 0 saturated heterocycles. The Morgan fingerprint density at radius 2 is 1.49 bits per heavy atom. The first-order valence-corrected chi connectivity index (χ1v) is 16.1. The van der Waals surface area contributed by atoms with Crippen LogP contribution in [0.1, 0.15) is 5.56 Å². The molecule has 0 amide bonds. The summed E-state index contributed by atoms with van der Waals surface area (Å²) in [4.78, 5) is 4.57. The third-order valence-corrected chi connectivity index (χ3v) is 9.26. The van der Waals surface area contributed by atoms with Crippen LogP contribution in [0.2, 0.25) is 0 Å². The standard InChI is InChI=1S/C43H31N4/c1-2-9-37(10-3-1)47-42-26-32(36-25-35(27-45-28-36)29-18-21-44-22-19-29)13-16-39(42)40-17-14-33-23-31(12-15-38(33)43(40)47)30-7-6-8-34(24-30)41-11-4-5-20-46-41/h1-21,23-27,44H,22,28H2/q-1. The number of allylic oxidation sites excluding steroid dienone is 4. The van der Waals surface area contributed by atoms with Crippen molar-refractivity contribution in [2.45, 2.75) is 0 Å². The fraction of sp³-hybridized carbons (Fsp3) is 0.0465. The summed E-state index contributed by atoms with van der Waals surface area (Å²) in [7, 11) is 0. The number of dihydropyridines is 1. The zero-order valence-corrected chi connectivity index (χ0v) is 25.8. The van der Waals surface area contributed by atoms with E-state index in [1.807, 2.05) is 30.7 Å². The van der Waals surface area contributed by atoms with Crippen LogP contribution >= 0.6 is 0 Å². The predicted molar refractivity (Wildman–Crippen MR) is 196 cm³/mol. The SMILES string of the molecule is C1=CC(C2=C[N-]CC(c3ccc4c5ccc6cc(-c7cccc(-c8ccccn8)c7)ccc6c5n(-c5ccccc5)c4c3)=C2)=CCN1. The average molecular weight is 604 g/mol. The van der Waals surface area contributed by atoms with Crippen LogP contribution < -0.4 is 5.32 Å². The Morgan fingerprint density at radius 3 is 2.36 bits per heavy atom. The van der Waals surface area contributed by atoms with Crippen LogP contribution in [0.15, 0.2) is 169 Å². The lowest BCUT2D eigenvalue weighted by atomic mass is 9.95. The van der Waals surface area contributed by atoms with Crippen molar-refractivity contribution >= 4 is 38.2 Å². The molecule has 0 bridgehead atoms. The molecule has 0 fully saturated rings. The highest BCUT2D eigenvalue weighted by Crippen LogP contribution is 2.40. The Hall–Kier alpha value is -6.13. The zero-order valence-electron chi connectivity index (χ0n) is 25.8. The van der Waals surface area contributed by atoms with Gasteiger partial charge in [-0.3, -0.25) is 4.98 Å². The van der Waals surface area contributed by atoms with E-state index in [4.69, 9.17) is 5.32 Å². The first kappa shape index (κ1) is 27.2. The minimum atomic E-state index is 0.670. The molecule has 0 aliphatic carbocycles. The number of fused-ring (bicyclic) bond motifs is 5. The Bertz CT molecular complexity index is 2440. The van der Waals surface area contributed by atoms with E-state index in [0.29, 0.717) is 6.54 Å². The van der Waals surface area contributed by atoms with Gasteiger partial charge >= 0.3 is 0 Å². The van der Waals surface area contributed by atoms with Crippen LogP contribution in [0.25, 0.3) is 71.5 Å². The predicted octanol–water partition coefficient (Wildman–Crippen LogP) is 10.4. The summed E-state index contributed by atoms with van der Waals surface area (Å²) in [6.45, 7) is 1.51. The Kier molecular flexibility index (Phi) is 6.57. The van der Waals surface area contributed by atoms with Crippen molar-refractivity contribution in [3.8, 4) is 28.1 Å². The first-order chi connectivity index (χ1) is 23.3. The number of benzene rings is 5. The molecular formula is C43H31N4-. The molecular weight excluding hydrogens is 573 g/mol. The molecule has 7 aromatic rings. The van der Waals surface area contributed by atoms with Gasteiger partial charge in [-0.25, -0.2) is 0 Å². The number of rotatable bonds is 5. The maximum atomic E-state index is 4.76. The second kappa shape index (κ2) is 11.3. The highest BCUT2D eigenvalue weighted by molar-refractivity contribution is 6.19. The number of hydrogen-bond donors (Lipinski definition) is 1. The molecule has 4 heterocycles. The van der Waals surface area contributed by atoms with Crippen molar-refractivity contribution in [1.29, 1.82) is 0 Å². The molecule has 9 rings (SSSR count). The van der Waals surface area contributed by atoms with Gasteiger partial charge in [0, 0.05) is 40.2 Å². The molecule has 224 valence electrons. The van der Waals surface area contributed by atoms with E-state index in [-0.39, 0.29) is 0 Å². The molecule has 0 radical (unpaired) electrons. The average Bonchev–Trinajstić information content (AvgIpc) is 3.50. The molecule has 0 spiro atoms. The van der Waals surface area contributed by atoms with Crippen molar-refractivity contribution < 1.29 is 0 Å². The lowest BCUT2D eigenvalue weighted by Crippen LogP contribution is -2.10. The quantitative estimate of drug-likeness (QED) is 0.213.